The maximum atomic E-state index is 5.96. The summed E-state index contributed by atoms with van der Waals surface area (Å²) in [5, 5.41) is 5.68. The minimum atomic E-state index is 0.710. The molecule has 1 fully saturated rings. The quantitative estimate of drug-likeness (QED) is 0.883. The van der Waals surface area contributed by atoms with E-state index < -0.39 is 0 Å². The zero-order valence-electron chi connectivity index (χ0n) is 9.72. The van der Waals surface area contributed by atoms with Gasteiger partial charge in [-0.3, -0.25) is 0 Å². The molecule has 1 unspecified atom stereocenters. The highest BCUT2D eigenvalue weighted by atomic mass is 35.5. The van der Waals surface area contributed by atoms with Crippen molar-refractivity contribution >= 4 is 35.0 Å². The number of hydrogen-bond acceptors (Lipinski definition) is 2. The monoisotopic (exact) mass is 289 g/mol. The van der Waals surface area contributed by atoms with E-state index in [0.717, 1.165) is 23.9 Å². The largest absolute Gasteiger partial charge is 0.312 e. The molecule has 1 heterocycles. The molecule has 0 spiro atoms. The van der Waals surface area contributed by atoms with Crippen LogP contribution in [0.15, 0.2) is 18.2 Å². The Morgan fingerprint density at radius 3 is 2.59 bits per heavy atom. The van der Waals surface area contributed by atoms with Crippen molar-refractivity contribution in [3.05, 3.63) is 33.8 Å². The minimum absolute atomic E-state index is 0.710. The zero-order chi connectivity index (χ0) is 12.1. The summed E-state index contributed by atoms with van der Waals surface area (Å²) in [6, 6.07) is 5.70. The van der Waals surface area contributed by atoms with Gasteiger partial charge in [0.15, 0.2) is 0 Å². The normalized spacial score (nSPS) is 20.5. The van der Waals surface area contributed by atoms with E-state index in [0.29, 0.717) is 10.0 Å². The molecule has 1 aliphatic heterocycles. The van der Waals surface area contributed by atoms with Crippen molar-refractivity contribution in [2.75, 3.05) is 12.3 Å². The van der Waals surface area contributed by atoms with Crippen LogP contribution < -0.4 is 5.32 Å². The van der Waals surface area contributed by atoms with Crippen LogP contribution in [0, 0.1) is 0 Å². The van der Waals surface area contributed by atoms with Gasteiger partial charge >= 0.3 is 0 Å². The van der Waals surface area contributed by atoms with Gasteiger partial charge in [-0.05, 0) is 42.4 Å². The van der Waals surface area contributed by atoms with Crippen molar-refractivity contribution in [1.82, 2.24) is 5.32 Å². The molecule has 0 aliphatic carbocycles. The lowest BCUT2D eigenvalue weighted by Crippen LogP contribution is -2.26. The molecule has 0 bridgehead atoms. The Balaban J connectivity index is 1.77. The third kappa shape index (κ3) is 4.70. The molecule has 1 aliphatic rings. The van der Waals surface area contributed by atoms with Gasteiger partial charge < -0.3 is 5.32 Å². The predicted molar refractivity (Wildman–Crippen MR) is 78.3 cm³/mol. The van der Waals surface area contributed by atoms with E-state index in [2.05, 4.69) is 17.1 Å². The van der Waals surface area contributed by atoms with Gasteiger partial charge in [0.1, 0.15) is 0 Å². The molecular formula is C13H17Cl2NS. The van der Waals surface area contributed by atoms with E-state index in [4.69, 9.17) is 23.2 Å². The maximum absolute atomic E-state index is 5.96. The number of rotatable bonds is 4. The van der Waals surface area contributed by atoms with Crippen LogP contribution in [0.1, 0.15) is 24.8 Å². The van der Waals surface area contributed by atoms with E-state index in [1.807, 2.05) is 12.1 Å². The molecule has 1 aromatic carbocycles. The van der Waals surface area contributed by atoms with Crippen LogP contribution in [0.4, 0.5) is 0 Å². The zero-order valence-corrected chi connectivity index (χ0v) is 12.0. The number of benzene rings is 1. The summed E-state index contributed by atoms with van der Waals surface area (Å²) in [6.45, 7) is 1.92. The highest BCUT2D eigenvalue weighted by Gasteiger charge is 2.12. The first-order chi connectivity index (χ1) is 8.24. The van der Waals surface area contributed by atoms with Gasteiger partial charge in [0.05, 0.1) is 0 Å². The second-order valence-corrected chi connectivity index (χ2v) is 6.68. The predicted octanol–water partition coefficient (Wildman–Crippen LogP) is 4.37. The topological polar surface area (TPSA) is 12.0 Å². The van der Waals surface area contributed by atoms with E-state index in [9.17, 15) is 0 Å². The van der Waals surface area contributed by atoms with Crippen molar-refractivity contribution < 1.29 is 0 Å². The Morgan fingerprint density at radius 1 is 1.18 bits per heavy atom. The third-order valence-electron chi connectivity index (χ3n) is 2.90. The standard InChI is InChI=1S/C13H17Cl2NS/c14-11-5-10(6-12(15)7-11)8-16-9-13-3-1-2-4-17-13/h5-7,13,16H,1-4,8-9H2. The van der Waals surface area contributed by atoms with E-state index in [1.165, 1.54) is 25.0 Å². The van der Waals surface area contributed by atoms with Crippen molar-refractivity contribution in [2.45, 2.75) is 31.1 Å². The molecule has 1 aromatic rings. The average Bonchev–Trinajstić information content (AvgIpc) is 2.29. The average molecular weight is 290 g/mol. The van der Waals surface area contributed by atoms with Crippen LogP contribution in [0.3, 0.4) is 0 Å². The third-order valence-corrected chi connectivity index (χ3v) is 4.73. The first-order valence-corrected chi connectivity index (χ1v) is 7.82. The Hall–Kier alpha value is 0.110. The van der Waals surface area contributed by atoms with E-state index >= 15 is 0 Å². The molecule has 2 rings (SSSR count). The summed E-state index contributed by atoms with van der Waals surface area (Å²) < 4.78 is 0. The summed E-state index contributed by atoms with van der Waals surface area (Å²) in [4.78, 5) is 0. The molecule has 4 heteroatoms. The smallest absolute Gasteiger partial charge is 0.0424 e. The highest BCUT2D eigenvalue weighted by molar-refractivity contribution is 7.99. The van der Waals surface area contributed by atoms with E-state index in [-0.39, 0.29) is 0 Å². The first kappa shape index (κ1) is 13.5. The SMILES string of the molecule is Clc1cc(Cl)cc(CNCC2CCCCS2)c1. The van der Waals surface area contributed by atoms with Crippen LogP contribution in [-0.4, -0.2) is 17.5 Å². The van der Waals surface area contributed by atoms with Crippen LogP contribution in [0.2, 0.25) is 10.0 Å². The van der Waals surface area contributed by atoms with Crippen molar-refractivity contribution in [2.24, 2.45) is 0 Å². The lowest BCUT2D eigenvalue weighted by atomic mass is 10.2. The van der Waals surface area contributed by atoms with Crippen LogP contribution in [-0.2, 0) is 6.54 Å². The fourth-order valence-electron chi connectivity index (χ4n) is 2.06. The summed E-state index contributed by atoms with van der Waals surface area (Å²) in [7, 11) is 0. The molecule has 0 saturated carbocycles. The van der Waals surface area contributed by atoms with E-state index in [1.54, 1.807) is 6.07 Å². The Kier molecular flexibility index (Phi) is 5.49. The van der Waals surface area contributed by atoms with Gasteiger partial charge in [-0.1, -0.05) is 29.6 Å². The summed E-state index contributed by atoms with van der Waals surface area (Å²) in [5.74, 6) is 1.31. The molecule has 1 N–H and O–H groups in total. The lowest BCUT2D eigenvalue weighted by molar-refractivity contribution is 0.598. The van der Waals surface area contributed by atoms with Crippen molar-refractivity contribution in [3.8, 4) is 0 Å². The van der Waals surface area contributed by atoms with Gasteiger partial charge in [0.25, 0.3) is 0 Å². The van der Waals surface area contributed by atoms with Crippen LogP contribution in [0.25, 0.3) is 0 Å². The van der Waals surface area contributed by atoms with Crippen LogP contribution in [0.5, 0.6) is 0 Å². The lowest BCUT2D eigenvalue weighted by Gasteiger charge is -2.21. The highest BCUT2D eigenvalue weighted by Crippen LogP contribution is 2.24. The molecular weight excluding hydrogens is 273 g/mol. The summed E-state index contributed by atoms with van der Waals surface area (Å²) in [6.07, 6.45) is 4.10. The molecule has 0 amide bonds. The molecule has 1 nitrogen and oxygen atoms in total. The minimum Gasteiger partial charge on any atom is -0.312 e. The number of thioether (sulfide) groups is 1. The van der Waals surface area contributed by atoms with Gasteiger partial charge in [0.2, 0.25) is 0 Å². The maximum Gasteiger partial charge on any atom is 0.0424 e. The molecule has 1 atom stereocenters. The Labute approximate surface area is 117 Å². The number of hydrogen-bond donors (Lipinski definition) is 1. The second kappa shape index (κ2) is 6.89. The molecule has 0 radical (unpaired) electrons. The Bertz CT molecular complexity index is 344. The number of halogens is 2. The summed E-state index contributed by atoms with van der Waals surface area (Å²) >= 11 is 14.0. The first-order valence-electron chi connectivity index (χ1n) is 6.01. The van der Waals surface area contributed by atoms with Gasteiger partial charge in [-0.15, -0.1) is 0 Å². The van der Waals surface area contributed by atoms with Crippen molar-refractivity contribution in [3.63, 3.8) is 0 Å². The molecule has 94 valence electrons. The Morgan fingerprint density at radius 2 is 1.94 bits per heavy atom. The molecule has 17 heavy (non-hydrogen) atoms. The van der Waals surface area contributed by atoms with Gasteiger partial charge in [0, 0.05) is 28.4 Å². The van der Waals surface area contributed by atoms with Crippen molar-refractivity contribution in [1.29, 1.82) is 0 Å². The summed E-state index contributed by atoms with van der Waals surface area (Å²) in [5.41, 5.74) is 1.16. The molecule has 0 aromatic heterocycles. The number of nitrogens with one attached hydrogen (secondary N) is 1. The van der Waals surface area contributed by atoms with Crippen LogP contribution >= 0.6 is 35.0 Å². The second-order valence-electron chi connectivity index (χ2n) is 4.40. The van der Waals surface area contributed by atoms with Gasteiger partial charge in [-0.25, -0.2) is 0 Å². The fraction of sp³-hybridized carbons (Fsp3) is 0.538. The molecule has 1 saturated heterocycles. The fourth-order valence-corrected chi connectivity index (χ4v) is 3.90. The van der Waals surface area contributed by atoms with Gasteiger partial charge in [-0.2, -0.15) is 11.8 Å².